The molecule has 0 radical (unpaired) electrons. The molecule has 0 saturated carbocycles. The number of tetrazole rings is 1. The van der Waals surface area contributed by atoms with Crippen LogP contribution in [0.5, 0.6) is 11.5 Å². The lowest BCUT2D eigenvalue weighted by molar-refractivity contribution is 0.0840. The molecule has 0 bridgehead atoms. The summed E-state index contributed by atoms with van der Waals surface area (Å²) in [5, 5.41) is 13.9. The first-order valence-electron chi connectivity index (χ1n) is 14.5. The Labute approximate surface area is 238 Å². The maximum Gasteiger partial charge on any atom is 0.253 e. The SMILES string of the molecule is CCc1ccc2[nH]c(=O)c([C@H](c3nnnn3C[C@@H]3CCCO3)N3CCN(Cc4ccc5c(c4)OCO5)CC3)cc2c1. The molecule has 2 fully saturated rings. The van der Waals surface area contributed by atoms with Gasteiger partial charge in [-0.1, -0.05) is 19.1 Å². The van der Waals surface area contributed by atoms with Gasteiger partial charge in [0.15, 0.2) is 17.3 Å². The number of aryl methyl sites for hydroxylation is 1. The van der Waals surface area contributed by atoms with Crippen LogP contribution in [0.1, 0.15) is 48.3 Å². The van der Waals surface area contributed by atoms with E-state index in [2.05, 4.69) is 61.5 Å². The van der Waals surface area contributed by atoms with Crippen LogP contribution in [0.25, 0.3) is 10.9 Å². The summed E-state index contributed by atoms with van der Waals surface area (Å²) in [7, 11) is 0. The van der Waals surface area contributed by atoms with Crippen LogP contribution in [0.15, 0.2) is 47.3 Å². The van der Waals surface area contributed by atoms with Crippen molar-refractivity contribution in [3.63, 3.8) is 0 Å². The molecule has 0 unspecified atom stereocenters. The summed E-state index contributed by atoms with van der Waals surface area (Å²) in [5.41, 5.74) is 3.81. The molecule has 0 amide bonds. The minimum absolute atomic E-state index is 0.0819. The van der Waals surface area contributed by atoms with Crippen LogP contribution in [0.3, 0.4) is 0 Å². The van der Waals surface area contributed by atoms with E-state index < -0.39 is 0 Å². The van der Waals surface area contributed by atoms with Crippen molar-refractivity contribution in [2.75, 3.05) is 39.6 Å². The van der Waals surface area contributed by atoms with Gasteiger partial charge in [-0.05, 0) is 76.5 Å². The molecule has 11 heteroatoms. The average molecular weight is 558 g/mol. The van der Waals surface area contributed by atoms with Gasteiger partial charge in [-0.3, -0.25) is 14.6 Å². The second-order valence-corrected chi connectivity index (χ2v) is 11.1. The number of fused-ring (bicyclic) bond motifs is 2. The quantitative estimate of drug-likeness (QED) is 0.350. The third kappa shape index (κ3) is 5.32. The molecule has 0 aliphatic carbocycles. The van der Waals surface area contributed by atoms with Crippen LogP contribution < -0.4 is 15.0 Å². The molecule has 5 heterocycles. The Bertz CT molecular complexity index is 1590. The number of ether oxygens (including phenoxy) is 3. The molecule has 1 N–H and O–H groups in total. The number of hydrogen-bond acceptors (Lipinski definition) is 9. The Morgan fingerprint density at radius 2 is 1.88 bits per heavy atom. The predicted octanol–water partition coefficient (Wildman–Crippen LogP) is 2.89. The number of nitrogens with zero attached hydrogens (tertiary/aromatic N) is 6. The fourth-order valence-electron chi connectivity index (χ4n) is 6.19. The van der Waals surface area contributed by atoms with Gasteiger partial charge in [-0.15, -0.1) is 5.10 Å². The molecule has 0 spiro atoms. The molecule has 2 aromatic carbocycles. The van der Waals surface area contributed by atoms with Crippen molar-refractivity contribution in [1.29, 1.82) is 0 Å². The molecule has 2 aromatic heterocycles. The summed E-state index contributed by atoms with van der Waals surface area (Å²) in [6.45, 7) is 7.83. The Kier molecular flexibility index (Phi) is 7.15. The van der Waals surface area contributed by atoms with E-state index in [1.165, 1.54) is 11.1 Å². The lowest BCUT2D eigenvalue weighted by Crippen LogP contribution is -2.48. The maximum absolute atomic E-state index is 13.6. The second-order valence-electron chi connectivity index (χ2n) is 11.1. The fourth-order valence-corrected chi connectivity index (χ4v) is 6.19. The van der Waals surface area contributed by atoms with Gasteiger partial charge >= 0.3 is 0 Å². The molecule has 11 nitrogen and oxygen atoms in total. The maximum atomic E-state index is 13.6. The molecule has 214 valence electrons. The van der Waals surface area contributed by atoms with Gasteiger partial charge in [-0.2, -0.15) is 0 Å². The highest BCUT2D eigenvalue weighted by Gasteiger charge is 2.33. The van der Waals surface area contributed by atoms with Gasteiger partial charge in [0.2, 0.25) is 6.79 Å². The Hall–Kier alpha value is -3.80. The van der Waals surface area contributed by atoms with E-state index in [9.17, 15) is 4.79 Å². The highest BCUT2D eigenvalue weighted by Crippen LogP contribution is 2.33. The summed E-state index contributed by atoms with van der Waals surface area (Å²) >= 11 is 0. The summed E-state index contributed by atoms with van der Waals surface area (Å²) in [5.74, 6) is 2.29. The minimum atomic E-state index is -0.377. The van der Waals surface area contributed by atoms with Crippen LogP contribution in [0, 0.1) is 0 Å². The number of hydrogen-bond donors (Lipinski definition) is 1. The molecule has 3 aliphatic rings. The van der Waals surface area contributed by atoms with Gasteiger partial charge in [-0.25, -0.2) is 4.68 Å². The molecule has 3 aliphatic heterocycles. The van der Waals surface area contributed by atoms with E-state index >= 15 is 0 Å². The zero-order valence-corrected chi connectivity index (χ0v) is 23.3. The molecule has 7 rings (SSSR count). The number of H-pyrrole nitrogens is 1. The van der Waals surface area contributed by atoms with Crippen LogP contribution >= 0.6 is 0 Å². The van der Waals surface area contributed by atoms with E-state index in [1.807, 2.05) is 22.9 Å². The van der Waals surface area contributed by atoms with Gasteiger partial charge in [0, 0.05) is 50.4 Å². The van der Waals surface area contributed by atoms with Crippen molar-refractivity contribution in [3.8, 4) is 11.5 Å². The molecule has 41 heavy (non-hydrogen) atoms. The molecular formula is C30H35N7O4. The largest absolute Gasteiger partial charge is 0.454 e. The van der Waals surface area contributed by atoms with Crippen LogP contribution in [0.4, 0.5) is 0 Å². The van der Waals surface area contributed by atoms with E-state index in [0.29, 0.717) is 17.9 Å². The zero-order valence-electron chi connectivity index (χ0n) is 23.3. The molecule has 4 aromatic rings. The van der Waals surface area contributed by atoms with Crippen LogP contribution in [-0.2, 0) is 24.2 Å². The predicted molar refractivity (Wildman–Crippen MR) is 152 cm³/mol. The van der Waals surface area contributed by atoms with E-state index in [1.54, 1.807) is 0 Å². The van der Waals surface area contributed by atoms with Crippen molar-refractivity contribution in [2.45, 2.75) is 51.4 Å². The number of aromatic amines is 1. The summed E-state index contributed by atoms with van der Waals surface area (Å²) in [6.07, 6.45) is 3.04. The Morgan fingerprint density at radius 3 is 2.71 bits per heavy atom. The molecule has 2 saturated heterocycles. The number of piperazine rings is 1. The Morgan fingerprint density at radius 1 is 1.02 bits per heavy atom. The van der Waals surface area contributed by atoms with Crippen molar-refractivity contribution in [1.82, 2.24) is 35.0 Å². The topological polar surface area (TPSA) is 111 Å². The van der Waals surface area contributed by atoms with E-state index in [-0.39, 0.29) is 24.5 Å². The first-order valence-corrected chi connectivity index (χ1v) is 14.5. The highest BCUT2D eigenvalue weighted by molar-refractivity contribution is 5.80. The van der Waals surface area contributed by atoms with E-state index in [4.69, 9.17) is 14.2 Å². The first kappa shape index (κ1) is 26.1. The minimum Gasteiger partial charge on any atom is -0.454 e. The number of rotatable bonds is 8. The van der Waals surface area contributed by atoms with Gasteiger partial charge < -0.3 is 19.2 Å². The standard InChI is InChI=1S/C30H35N7O4/c1-2-20-5-7-25-22(14-20)16-24(30(38)31-25)28(29-32-33-34-37(29)18-23-4-3-13-39-23)36-11-9-35(10-12-36)17-21-6-8-26-27(15-21)41-19-40-26/h5-8,14-16,23,28H,2-4,9-13,17-19H2,1H3,(H,31,38)/t23-,28+/m0/s1. The Balaban J connectivity index is 1.18. The van der Waals surface area contributed by atoms with Gasteiger partial charge in [0.25, 0.3) is 5.56 Å². The summed E-state index contributed by atoms with van der Waals surface area (Å²) in [4.78, 5) is 21.5. The number of aromatic nitrogens is 5. The lowest BCUT2D eigenvalue weighted by Gasteiger charge is -2.38. The third-order valence-corrected chi connectivity index (χ3v) is 8.46. The fraction of sp³-hybridized carbons (Fsp3) is 0.467. The number of benzene rings is 2. The number of nitrogens with one attached hydrogen (secondary N) is 1. The smallest absolute Gasteiger partial charge is 0.253 e. The second kappa shape index (κ2) is 11.2. The highest BCUT2D eigenvalue weighted by atomic mass is 16.7. The van der Waals surface area contributed by atoms with Gasteiger partial charge in [0.1, 0.15) is 6.04 Å². The summed E-state index contributed by atoms with van der Waals surface area (Å²) < 4.78 is 18.8. The van der Waals surface area contributed by atoms with Crippen LogP contribution in [-0.4, -0.2) is 80.7 Å². The van der Waals surface area contributed by atoms with Crippen molar-refractivity contribution in [2.24, 2.45) is 0 Å². The number of pyridine rings is 1. The van der Waals surface area contributed by atoms with Crippen LogP contribution in [0.2, 0.25) is 0 Å². The lowest BCUT2D eigenvalue weighted by atomic mass is 10.0. The van der Waals surface area contributed by atoms with Crippen molar-refractivity contribution >= 4 is 10.9 Å². The molecule has 2 atom stereocenters. The van der Waals surface area contributed by atoms with Gasteiger partial charge in [0.05, 0.1) is 12.6 Å². The monoisotopic (exact) mass is 557 g/mol. The zero-order chi connectivity index (χ0) is 27.8. The molecular weight excluding hydrogens is 522 g/mol. The first-order chi connectivity index (χ1) is 20.1. The normalized spacial score (nSPS) is 20.2. The summed E-state index contributed by atoms with van der Waals surface area (Å²) in [6, 6.07) is 14.0. The van der Waals surface area contributed by atoms with Crippen molar-refractivity contribution < 1.29 is 14.2 Å². The van der Waals surface area contributed by atoms with Crippen molar-refractivity contribution in [3.05, 3.63) is 75.3 Å². The third-order valence-electron chi connectivity index (χ3n) is 8.46. The van der Waals surface area contributed by atoms with E-state index in [0.717, 1.165) is 81.0 Å². The average Bonchev–Trinajstić information content (AvgIpc) is 3.77.